The van der Waals surface area contributed by atoms with E-state index >= 15 is 0 Å². The molecule has 2 aromatic carbocycles. The maximum Gasteiger partial charge on any atom is 0.271 e. The number of carbonyl (C=O) groups is 3. The van der Waals surface area contributed by atoms with Gasteiger partial charge in [-0.25, -0.2) is 8.42 Å². The molecule has 0 aliphatic carbocycles. The van der Waals surface area contributed by atoms with Crippen molar-refractivity contribution in [1.82, 2.24) is 10.2 Å². The van der Waals surface area contributed by atoms with Gasteiger partial charge in [0.05, 0.1) is 5.69 Å². The molecular formula is C22H19N3O5S2. The molecule has 0 radical (unpaired) electrons. The average Bonchev–Trinajstić information content (AvgIpc) is 3.32. The Morgan fingerprint density at radius 2 is 1.91 bits per heavy atom. The lowest BCUT2D eigenvalue weighted by atomic mass is 10.0. The second-order valence-electron chi connectivity index (χ2n) is 7.90. The Bertz CT molecular complexity index is 1410. The summed E-state index contributed by atoms with van der Waals surface area (Å²) in [5.41, 5.74) is 2.17. The number of thiophene rings is 1. The standard InChI is InChI=1S/C22H19N3O5S2/c1-12-4-2-5-13-10-19(31-20(12)13)32(29,30)24-16-7-3-6-14-15(16)11-25(22(14)28)17-8-9-18(26)23-21(17)27/h2-7,10,17,24H,8-9,11H2,1H3,(H,23,26,27). The molecule has 32 heavy (non-hydrogen) atoms. The van der Waals surface area contributed by atoms with Crippen molar-refractivity contribution in [3.8, 4) is 0 Å². The molecule has 0 saturated carbocycles. The van der Waals surface area contributed by atoms with Gasteiger partial charge in [-0.2, -0.15) is 0 Å². The zero-order valence-corrected chi connectivity index (χ0v) is 18.7. The smallest absolute Gasteiger partial charge is 0.271 e. The van der Waals surface area contributed by atoms with E-state index in [9.17, 15) is 22.8 Å². The number of fused-ring (bicyclic) bond motifs is 2. The lowest BCUT2D eigenvalue weighted by Crippen LogP contribution is -2.52. The molecule has 164 valence electrons. The monoisotopic (exact) mass is 469 g/mol. The Kier molecular flexibility index (Phi) is 4.79. The van der Waals surface area contributed by atoms with Crippen LogP contribution in [0.4, 0.5) is 5.69 Å². The highest BCUT2D eigenvalue weighted by molar-refractivity contribution is 7.94. The van der Waals surface area contributed by atoms with E-state index in [1.807, 2.05) is 25.1 Å². The molecule has 2 aliphatic rings. The molecule has 3 aromatic rings. The Hall–Kier alpha value is -3.24. The molecule has 1 saturated heterocycles. The van der Waals surface area contributed by atoms with Crippen molar-refractivity contribution in [2.75, 3.05) is 4.72 Å². The summed E-state index contributed by atoms with van der Waals surface area (Å²) in [5.74, 6) is -1.22. The number of anilines is 1. The number of hydrogen-bond acceptors (Lipinski definition) is 6. The molecule has 1 atom stereocenters. The summed E-state index contributed by atoms with van der Waals surface area (Å²) in [6.45, 7) is 2.02. The fourth-order valence-corrected chi connectivity index (χ4v) is 6.73. The highest BCUT2D eigenvalue weighted by Gasteiger charge is 2.40. The third kappa shape index (κ3) is 3.35. The van der Waals surface area contributed by atoms with Crippen LogP contribution in [0.2, 0.25) is 0 Å². The van der Waals surface area contributed by atoms with E-state index in [1.165, 1.54) is 16.2 Å². The van der Waals surface area contributed by atoms with Crippen LogP contribution in [0.15, 0.2) is 46.7 Å². The van der Waals surface area contributed by atoms with Crippen LogP contribution in [0.1, 0.15) is 34.3 Å². The maximum atomic E-state index is 13.1. The van der Waals surface area contributed by atoms with Crippen molar-refractivity contribution in [1.29, 1.82) is 0 Å². The van der Waals surface area contributed by atoms with Crippen molar-refractivity contribution in [2.45, 2.75) is 36.6 Å². The van der Waals surface area contributed by atoms with Gasteiger partial charge in [-0.05, 0) is 42.5 Å². The number of amides is 3. The first-order chi connectivity index (χ1) is 15.2. The minimum absolute atomic E-state index is 0.0880. The van der Waals surface area contributed by atoms with E-state index < -0.39 is 22.0 Å². The van der Waals surface area contributed by atoms with Crippen LogP contribution in [0.5, 0.6) is 0 Å². The summed E-state index contributed by atoms with van der Waals surface area (Å²) in [6.07, 6.45) is 0.397. The van der Waals surface area contributed by atoms with Crippen LogP contribution in [-0.2, 0) is 26.2 Å². The van der Waals surface area contributed by atoms with Crippen molar-refractivity contribution in [3.05, 3.63) is 59.2 Å². The van der Waals surface area contributed by atoms with Gasteiger partial charge in [-0.1, -0.05) is 24.3 Å². The summed E-state index contributed by atoms with van der Waals surface area (Å²) in [6, 6.07) is 11.4. The number of aryl methyl sites for hydroxylation is 1. The fourth-order valence-electron chi connectivity index (χ4n) is 4.19. The van der Waals surface area contributed by atoms with Crippen LogP contribution >= 0.6 is 11.3 Å². The van der Waals surface area contributed by atoms with Gasteiger partial charge in [0.1, 0.15) is 10.3 Å². The first-order valence-corrected chi connectivity index (χ1v) is 12.3. The van der Waals surface area contributed by atoms with Gasteiger partial charge in [0, 0.05) is 28.8 Å². The molecule has 1 unspecified atom stereocenters. The molecule has 0 bridgehead atoms. The molecule has 8 nitrogen and oxygen atoms in total. The quantitative estimate of drug-likeness (QED) is 0.571. The number of carbonyl (C=O) groups excluding carboxylic acids is 3. The third-order valence-electron chi connectivity index (χ3n) is 5.81. The number of piperidine rings is 1. The first kappa shape index (κ1) is 20.7. The van der Waals surface area contributed by atoms with Gasteiger partial charge in [0.2, 0.25) is 11.8 Å². The number of hydrogen-bond donors (Lipinski definition) is 2. The topological polar surface area (TPSA) is 113 Å². The normalized spacial score (nSPS) is 18.7. The Morgan fingerprint density at radius 1 is 1.12 bits per heavy atom. The van der Waals surface area contributed by atoms with Gasteiger partial charge < -0.3 is 4.90 Å². The SMILES string of the molecule is Cc1cccc2cc(S(=O)(=O)Nc3cccc4c3CN(C3CCC(=O)NC3=O)C4=O)sc12. The predicted molar refractivity (Wildman–Crippen MR) is 120 cm³/mol. The summed E-state index contributed by atoms with van der Waals surface area (Å²) in [4.78, 5) is 38.1. The number of nitrogens with one attached hydrogen (secondary N) is 2. The molecule has 0 spiro atoms. The number of nitrogens with zero attached hydrogens (tertiary/aromatic N) is 1. The Morgan fingerprint density at radius 3 is 2.66 bits per heavy atom. The molecule has 1 aromatic heterocycles. The second-order valence-corrected chi connectivity index (χ2v) is 10.9. The van der Waals surface area contributed by atoms with Gasteiger partial charge in [0.15, 0.2) is 0 Å². The van der Waals surface area contributed by atoms with E-state index in [4.69, 9.17) is 0 Å². The summed E-state index contributed by atoms with van der Waals surface area (Å²) >= 11 is 1.20. The zero-order valence-electron chi connectivity index (χ0n) is 17.0. The van der Waals surface area contributed by atoms with Crippen molar-refractivity contribution in [2.24, 2.45) is 0 Å². The number of rotatable bonds is 4. The largest absolute Gasteiger partial charge is 0.322 e. The number of benzene rings is 2. The molecule has 3 heterocycles. The first-order valence-electron chi connectivity index (χ1n) is 10.0. The van der Waals surface area contributed by atoms with E-state index in [1.54, 1.807) is 24.3 Å². The van der Waals surface area contributed by atoms with E-state index in [2.05, 4.69) is 10.0 Å². The minimum Gasteiger partial charge on any atom is -0.322 e. The Labute approximate surface area is 188 Å². The highest BCUT2D eigenvalue weighted by atomic mass is 32.2. The maximum absolute atomic E-state index is 13.1. The second kappa shape index (κ2) is 7.42. The minimum atomic E-state index is -3.88. The van der Waals surface area contributed by atoms with E-state index in [0.29, 0.717) is 16.8 Å². The van der Waals surface area contributed by atoms with Crippen molar-refractivity contribution >= 4 is 54.9 Å². The molecule has 5 rings (SSSR count). The van der Waals surface area contributed by atoms with Gasteiger partial charge >= 0.3 is 0 Å². The summed E-state index contributed by atoms with van der Waals surface area (Å²) in [7, 11) is -3.88. The molecule has 10 heteroatoms. The fraction of sp³-hybridized carbons (Fsp3) is 0.227. The van der Waals surface area contributed by atoms with Crippen LogP contribution in [0.3, 0.4) is 0 Å². The highest BCUT2D eigenvalue weighted by Crippen LogP contribution is 2.36. The van der Waals surface area contributed by atoms with Crippen LogP contribution in [0.25, 0.3) is 10.1 Å². The lowest BCUT2D eigenvalue weighted by Gasteiger charge is -2.29. The van der Waals surface area contributed by atoms with Crippen molar-refractivity contribution in [3.63, 3.8) is 0 Å². The van der Waals surface area contributed by atoms with Gasteiger partial charge in [0.25, 0.3) is 15.9 Å². The molecule has 3 amide bonds. The zero-order chi connectivity index (χ0) is 22.6. The lowest BCUT2D eigenvalue weighted by molar-refractivity contribution is -0.136. The molecule has 2 aliphatic heterocycles. The molecule has 2 N–H and O–H groups in total. The van der Waals surface area contributed by atoms with Crippen LogP contribution < -0.4 is 10.0 Å². The van der Waals surface area contributed by atoms with Gasteiger partial charge in [-0.15, -0.1) is 11.3 Å². The predicted octanol–water partition coefficient (Wildman–Crippen LogP) is 2.77. The Balaban J connectivity index is 1.46. The number of imide groups is 1. The summed E-state index contributed by atoms with van der Waals surface area (Å²) in [5, 5.41) is 3.12. The third-order valence-corrected chi connectivity index (χ3v) is 8.93. The van der Waals surface area contributed by atoms with Crippen LogP contribution in [-0.4, -0.2) is 37.1 Å². The van der Waals surface area contributed by atoms with Crippen LogP contribution in [0, 0.1) is 6.92 Å². The average molecular weight is 470 g/mol. The molecular weight excluding hydrogens is 450 g/mol. The summed E-state index contributed by atoms with van der Waals surface area (Å²) < 4.78 is 30.0. The van der Waals surface area contributed by atoms with Gasteiger partial charge in [-0.3, -0.25) is 24.4 Å². The number of sulfonamides is 1. The van der Waals surface area contributed by atoms with E-state index in [-0.39, 0.29) is 35.4 Å². The van der Waals surface area contributed by atoms with E-state index in [0.717, 1.165) is 15.6 Å². The molecule has 1 fully saturated rings. The van der Waals surface area contributed by atoms with Crippen molar-refractivity contribution < 1.29 is 22.8 Å².